The Bertz CT molecular complexity index is 1740. The topological polar surface area (TPSA) is 170 Å². The molecular formula is C30H25FN4O9. The van der Waals surface area contributed by atoms with Crippen LogP contribution in [0, 0.1) is 5.82 Å². The molecule has 0 saturated carbocycles. The van der Waals surface area contributed by atoms with Crippen LogP contribution in [0.1, 0.15) is 22.8 Å². The fourth-order valence-electron chi connectivity index (χ4n) is 4.44. The number of morpholine rings is 1. The molecule has 4 aromatic rings. The van der Waals surface area contributed by atoms with Crippen LogP contribution in [0.15, 0.2) is 82.1 Å². The minimum Gasteiger partial charge on any atom is -0.457 e. The number of hydrogen-bond acceptors (Lipinski definition) is 10. The summed E-state index contributed by atoms with van der Waals surface area (Å²) in [5, 5.41) is 6.15. The highest BCUT2D eigenvalue weighted by molar-refractivity contribution is 6.05. The third-order valence-electron chi connectivity index (χ3n) is 6.46. The van der Waals surface area contributed by atoms with Gasteiger partial charge in [0, 0.05) is 30.4 Å². The summed E-state index contributed by atoms with van der Waals surface area (Å²) in [4.78, 5) is 66.2. The number of halogens is 1. The van der Waals surface area contributed by atoms with Crippen molar-refractivity contribution >= 4 is 35.1 Å². The van der Waals surface area contributed by atoms with Crippen LogP contribution < -0.4 is 16.0 Å². The van der Waals surface area contributed by atoms with E-state index in [1.165, 1.54) is 18.2 Å². The SMILES string of the molecule is CC(=O)OC(C(=O)Nc1ccc(-c2noc(=O)[nH]2)cc1)C1OCCN(c2cc(F)cc(C(=O)OCc3ccccc3)c2)C1=O. The standard InChI is InChI=1S/C30H25FN4O9/c1-17(36)43-24(27(37)32-22-9-7-19(8-10-22)26-33-30(40)44-34-26)25-28(38)35(11-12-41-25)23-14-20(13-21(31)15-23)29(39)42-16-18-5-3-2-4-6-18/h2-10,13-15,24-25H,11-12,16H2,1H3,(H,32,37)(H,33,34,40). The third-order valence-corrected chi connectivity index (χ3v) is 6.46. The smallest absolute Gasteiger partial charge is 0.439 e. The maximum atomic E-state index is 14.6. The molecule has 2 unspecified atom stereocenters. The zero-order chi connectivity index (χ0) is 31.2. The molecule has 1 aliphatic rings. The Morgan fingerprint density at radius 3 is 2.52 bits per heavy atom. The third kappa shape index (κ3) is 7.04. The molecule has 13 nitrogen and oxygen atoms in total. The highest BCUT2D eigenvalue weighted by Crippen LogP contribution is 2.25. The minimum atomic E-state index is -1.71. The minimum absolute atomic E-state index is 0.0263. The molecule has 1 aliphatic heterocycles. The lowest BCUT2D eigenvalue weighted by molar-refractivity contribution is -0.167. The summed E-state index contributed by atoms with van der Waals surface area (Å²) in [7, 11) is 0. The summed E-state index contributed by atoms with van der Waals surface area (Å²) < 4.78 is 35.2. The molecule has 2 heterocycles. The van der Waals surface area contributed by atoms with Crippen LogP contribution in [-0.2, 0) is 35.2 Å². The number of nitrogens with zero attached hydrogens (tertiary/aromatic N) is 2. The van der Waals surface area contributed by atoms with Crippen molar-refractivity contribution in [1.82, 2.24) is 10.1 Å². The normalized spacial score (nSPS) is 15.4. The van der Waals surface area contributed by atoms with Crippen molar-refractivity contribution in [2.24, 2.45) is 0 Å². The van der Waals surface area contributed by atoms with E-state index in [1.54, 1.807) is 36.4 Å². The largest absolute Gasteiger partial charge is 0.457 e. The Morgan fingerprint density at radius 1 is 1.09 bits per heavy atom. The van der Waals surface area contributed by atoms with Gasteiger partial charge in [0.1, 0.15) is 12.4 Å². The van der Waals surface area contributed by atoms with Crippen molar-refractivity contribution in [3.05, 3.63) is 100 Å². The lowest BCUT2D eigenvalue weighted by Gasteiger charge is -2.35. The zero-order valence-corrected chi connectivity index (χ0v) is 23.2. The number of H-pyrrole nitrogens is 1. The molecule has 5 rings (SSSR count). The van der Waals surface area contributed by atoms with Gasteiger partial charge in [-0.2, -0.15) is 0 Å². The van der Waals surface area contributed by atoms with Gasteiger partial charge in [-0.25, -0.2) is 14.0 Å². The van der Waals surface area contributed by atoms with Crippen LogP contribution in [0.3, 0.4) is 0 Å². The van der Waals surface area contributed by atoms with Gasteiger partial charge in [-0.15, -0.1) is 0 Å². The first-order valence-corrected chi connectivity index (χ1v) is 13.3. The molecule has 3 aromatic carbocycles. The molecule has 1 fully saturated rings. The average molecular weight is 605 g/mol. The number of rotatable bonds is 9. The van der Waals surface area contributed by atoms with E-state index >= 15 is 0 Å². The maximum Gasteiger partial charge on any atom is 0.439 e. The van der Waals surface area contributed by atoms with Crippen LogP contribution >= 0.6 is 0 Å². The maximum absolute atomic E-state index is 14.6. The van der Waals surface area contributed by atoms with Gasteiger partial charge in [0.15, 0.2) is 11.9 Å². The fourth-order valence-corrected chi connectivity index (χ4v) is 4.44. The van der Waals surface area contributed by atoms with Crippen molar-refractivity contribution in [2.45, 2.75) is 25.7 Å². The summed E-state index contributed by atoms with van der Waals surface area (Å²) in [6.07, 6.45) is -3.29. The molecule has 0 radical (unpaired) electrons. The molecule has 0 bridgehead atoms. The Labute approximate surface area is 248 Å². The first-order valence-electron chi connectivity index (χ1n) is 13.3. The Morgan fingerprint density at radius 2 is 1.84 bits per heavy atom. The number of benzene rings is 3. The predicted molar refractivity (Wildman–Crippen MR) is 151 cm³/mol. The molecule has 2 atom stereocenters. The van der Waals surface area contributed by atoms with Gasteiger partial charge in [-0.3, -0.25) is 23.9 Å². The summed E-state index contributed by atoms with van der Waals surface area (Å²) in [5.41, 5.74) is 1.40. The predicted octanol–water partition coefficient (Wildman–Crippen LogP) is 2.83. The number of amides is 2. The number of aromatic amines is 1. The van der Waals surface area contributed by atoms with E-state index in [0.29, 0.717) is 5.56 Å². The van der Waals surface area contributed by atoms with Crippen LogP contribution in [0.25, 0.3) is 11.4 Å². The monoisotopic (exact) mass is 604 g/mol. The molecule has 1 aromatic heterocycles. The van der Waals surface area contributed by atoms with Gasteiger partial charge in [-0.05, 0) is 48.0 Å². The number of hydrogen-bond donors (Lipinski definition) is 2. The van der Waals surface area contributed by atoms with E-state index in [4.69, 9.17) is 14.2 Å². The van der Waals surface area contributed by atoms with Gasteiger partial charge < -0.3 is 24.4 Å². The summed E-state index contributed by atoms with van der Waals surface area (Å²) in [6.45, 7) is 0.915. The number of ether oxygens (including phenoxy) is 3. The quantitative estimate of drug-likeness (QED) is 0.271. The van der Waals surface area contributed by atoms with Crippen molar-refractivity contribution in [3.8, 4) is 11.4 Å². The zero-order valence-electron chi connectivity index (χ0n) is 23.2. The first kappa shape index (κ1) is 29.8. The van der Waals surface area contributed by atoms with Crippen molar-refractivity contribution in [2.75, 3.05) is 23.4 Å². The average Bonchev–Trinajstić information content (AvgIpc) is 3.45. The highest BCUT2D eigenvalue weighted by atomic mass is 19.1. The molecule has 44 heavy (non-hydrogen) atoms. The van der Waals surface area contributed by atoms with Crippen LogP contribution in [-0.4, -0.2) is 59.3 Å². The van der Waals surface area contributed by atoms with Gasteiger partial charge in [0.2, 0.25) is 6.10 Å². The van der Waals surface area contributed by atoms with Crippen molar-refractivity contribution in [1.29, 1.82) is 0 Å². The number of carbonyl (C=O) groups excluding carboxylic acids is 4. The van der Waals surface area contributed by atoms with E-state index in [9.17, 15) is 28.4 Å². The molecule has 226 valence electrons. The highest BCUT2D eigenvalue weighted by Gasteiger charge is 2.43. The fraction of sp³-hybridized carbons (Fsp3) is 0.200. The van der Waals surface area contributed by atoms with E-state index < -0.39 is 47.5 Å². The molecule has 2 amide bonds. The van der Waals surface area contributed by atoms with Gasteiger partial charge in [0.05, 0.1) is 12.2 Å². The molecule has 2 N–H and O–H groups in total. The lowest BCUT2D eigenvalue weighted by atomic mass is 10.1. The van der Waals surface area contributed by atoms with Gasteiger partial charge >= 0.3 is 17.7 Å². The lowest BCUT2D eigenvalue weighted by Crippen LogP contribution is -2.56. The van der Waals surface area contributed by atoms with Crippen LogP contribution in [0.5, 0.6) is 0 Å². The molecule has 1 saturated heterocycles. The van der Waals surface area contributed by atoms with E-state index in [0.717, 1.165) is 29.5 Å². The summed E-state index contributed by atoms with van der Waals surface area (Å²) >= 11 is 0. The number of esters is 2. The van der Waals surface area contributed by atoms with Gasteiger partial charge in [-0.1, -0.05) is 35.5 Å². The summed E-state index contributed by atoms with van der Waals surface area (Å²) in [6, 6.07) is 18.3. The number of aromatic nitrogens is 2. The van der Waals surface area contributed by atoms with Crippen LogP contribution in [0.2, 0.25) is 0 Å². The molecule has 0 spiro atoms. The second-order valence-corrected chi connectivity index (χ2v) is 9.58. The van der Waals surface area contributed by atoms with Gasteiger partial charge in [0.25, 0.3) is 11.8 Å². The number of nitrogens with one attached hydrogen (secondary N) is 2. The number of carbonyl (C=O) groups is 4. The molecular weight excluding hydrogens is 579 g/mol. The molecule has 14 heteroatoms. The van der Waals surface area contributed by atoms with E-state index in [1.807, 2.05) is 6.07 Å². The Balaban J connectivity index is 1.32. The first-order chi connectivity index (χ1) is 21.2. The van der Waals surface area contributed by atoms with E-state index in [-0.39, 0.29) is 42.5 Å². The second kappa shape index (κ2) is 13.1. The number of anilines is 2. The Kier molecular flexibility index (Phi) is 8.90. The van der Waals surface area contributed by atoms with Crippen molar-refractivity contribution < 1.29 is 42.3 Å². The Hall–Kier alpha value is -5.63. The second-order valence-electron chi connectivity index (χ2n) is 9.58. The summed E-state index contributed by atoms with van der Waals surface area (Å²) in [5.74, 6) is -4.66. The van der Waals surface area contributed by atoms with E-state index in [2.05, 4.69) is 20.0 Å². The molecule has 0 aliphatic carbocycles. The van der Waals surface area contributed by atoms with Crippen LogP contribution in [0.4, 0.5) is 15.8 Å². The van der Waals surface area contributed by atoms with Crippen molar-refractivity contribution in [3.63, 3.8) is 0 Å².